The summed E-state index contributed by atoms with van der Waals surface area (Å²) in [7, 11) is 0. The highest BCUT2D eigenvalue weighted by molar-refractivity contribution is 5.89. The molecule has 9 atom stereocenters. The smallest absolute Gasteiger partial charge is 0.303 e. The van der Waals surface area contributed by atoms with Gasteiger partial charge in [-0.15, -0.1) is 0 Å². The van der Waals surface area contributed by atoms with Gasteiger partial charge in [-0.2, -0.15) is 0 Å². The molecule has 0 radical (unpaired) electrons. The second kappa shape index (κ2) is 7.85. The second-order valence-electron chi connectivity index (χ2n) is 10.6. The minimum atomic E-state index is -1.91. The van der Waals surface area contributed by atoms with Gasteiger partial charge in [0.15, 0.2) is 5.78 Å². The molecular formula is C23H36O9. The minimum Gasteiger partial charge on any atom is -0.459 e. The number of aliphatic hydroxyl groups is 5. The lowest BCUT2D eigenvalue weighted by Crippen LogP contribution is -2.79. The van der Waals surface area contributed by atoms with Crippen LogP contribution < -0.4 is 0 Å². The molecule has 0 aromatic heterocycles. The molecule has 0 aromatic rings. The van der Waals surface area contributed by atoms with E-state index in [4.69, 9.17) is 9.47 Å². The molecule has 3 rings (SSSR count). The number of hydrogen-bond donors (Lipinski definition) is 5. The van der Waals surface area contributed by atoms with Gasteiger partial charge in [0.05, 0.1) is 30.3 Å². The summed E-state index contributed by atoms with van der Waals surface area (Å²) in [5, 5.41) is 55.5. The summed E-state index contributed by atoms with van der Waals surface area (Å²) in [6, 6.07) is 0. The molecule has 0 unspecified atom stereocenters. The van der Waals surface area contributed by atoms with Crippen LogP contribution in [-0.2, 0) is 19.1 Å². The molecule has 1 saturated carbocycles. The van der Waals surface area contributed by atoms with Crippen molar-refractivity contribution in [3.8, 4) is 0 Å². The first kappa shape index (κ1) is 25.3. The van der Waals surface area contributed by atoms with Crippen molar-refractivity contribution in [2.45, 2.75) is 96.1 Å². The molecule has 9 heteroatoms. The summed E-state index contributed by atoms with van der Waals surface area (Å²) in [5.74, 6) is -2.81. The van der Waals surface area contributed by atoms with Crippen molar-refractivity contribution >= 4 is 11.8 Å². The maximum Gasteiger partial charge on any atom is 0.303 e. The summed E-state index contributed by atoms with van der Waals surface area (Å²) < 4.78 is 11.1. The van der Waals surface area contributed by atoms with Crippen LogP contribution in [0.1, 0.15) is 54.4 Å². The zero-order valence-corrected chi connectivity index (χ0v) is 19.5. The van der Waals surface area contributed by atoms with Crippen molar-refractivity contribution in [2.75, 3.05) is 6.61 Å². The Morgan fingerprint density at radius 1 is 1.22 bits per heavy atom. The molecule has 1 saturated heterocycles. The number of esters is 1. The Bertz CT molecular complexity index is 820. The number of ether oxygens (including phenoxy) is 2. The molecule has 0 bridgehead atoms. The van der Waals surface area contributed by atoms with Gasteiger partial charge < -0.3 is 35.0 Å². The molecule has 9 nitrogen and oxygen atoms in total. The van der Waals surface area contributed by atoms with E-state index >= 15 is 0 Å². The molecule has 32 heavy (non-hydrogen) atoms. The number of rotatable bonds is 5. The van der Waals surface area contributed by atoms with Crippen LogP contribution in [0.15, 0.2) is 11.6 Å². The zero-order valence-electron chi connectivity index (χ0n) is 19.5. The molecule has 5 N–H and O–H groups in total. The normalized spacial score (nSPS) is 45.0. The Labute approximate surface area is 188 Å². The van der Waals surface area contributed by atoms with Crippen LogP contribution in [-0.4, -0.2) is 85.6 Å². The second-order valence-corrected chi connectivity index (χ2v) is 10.6. The highest BCUT2D eigenvalue weighted by Crippen LogP contribution is 2.59. The van der Waals surface area contributed by atoms with E-state index in [0.717, 1.165) is 6.92 Å². The summed E-state index contributed by atoms with van der Waals surface area (Å²) >= 11 is 0. The molecule has 182 valence electrons. The van der Waals surface area contributed by atoms with Gasteiger partial charge in [0.2, 0.25) is 0 Å². The molecule has 1 aliphatic heterocycles. The topological polar surface area (TPSA) is 154 Å². The predicted octanol–water partition coefficient (Wildman–Crippen LogP) is -0.147. The highest BCUT2D eigenvalue weighted by Gasteiger charge is 2.73. The number of Topliss-reactive ketones (excluding diaryl/α,β-unsaturated/α-hetero) is 1. The van der Waals surface area contributed by atoms with Crippen LogP contribution in [0.4, 0.5) is 0 Å². The first-order valence-corrected chi connectivity index (χ1v) is 11.0. The van der Waals surface area contributed by atoms with Crippen LogP contribution in [0, 0.1) is 16.7 Å². The fourth-order valence-electron chi connectivity index (χ4n) is 6.06. The summed E-state index contributed by atoms with van der Waals surface area (Å²) in [6.45, 7) is 8.79. The Morgan fingerprint density at radius 3 is 2.28 bits per heavy atom. The third-order valence-electron chi connectivity index (χ3n) is 8.10. The monoisotopic (exact) mass is 456 g/mol. The van der Waals surface area contributed by atoms with Crippen LogP contribution in [0.5, 0.6) is 0 Å². The molecule has 3 aliphatic rings. The third-order valence-corrected chi connectivity index (χ3v) is 8.10. The Morgan fingerprint density at radius 2 is 1.81 bits per heavy atom. The van der Waals surface area contributed by atoms with Gasteiger partial charge in [-0.1, -0.05) is 19.9 Å². The first-order chi connectivity index (χ1) is 14.5. The average molecular weight is 457 g/mol. The standard InChI is InChI=1S/C23H36O9/c1-11-8-20(4,5)23(30,9-14(11)26)19(32-13(3)25)17-21(6,18(28)12(2)24)15(27)7-16-22(17,29)10-31-16/h8,12,14-17,19,24,26-27,29-30H,7,9-10H2,1-6H3/t12-,14+,15+,16-,17+,19+,21-,22+,23-/m1/s1. The Hall–Kier alpha value is -1.36. The van der Waals surface area contributed by atoms with Gasteiger partial charge in [0.25, 0.3) is 0 Å². The third kappa shape index (κ3) is 3.45. The molecular weight excluding hydrogens is 420 g/mol. The van der Waals surface area contributed by atoms with E-state index < -0.39 is 70.2 Å². The lowest BCUT2D eigenvalue weighted by atomic mass is 9.48. The highest BCUT2D eigenvalue weighted by atomic mass is 16.6. The number of fused-ring (bicyclic) bond motifs is 1. The molecule has 0 amide bonds. The molecule has 0 aromatic carbocycles. The summed E-state index contributed by atoms with van der Waals surface area (Å²) in [5.41, 5.74) is -5.78. The van der Waals surface area contributed by atoms with Gasteiger partial charge >= 0.3 is 5.97 Å². The number of carbonyl (C=O) groups is 2. The zero-order chi connectivity index (χ0) is 24.4. The van der Waals surface area contributed by atoms with Crippen LogP contribution >= 0.6 is 0 Å². The van der Waals surface area contributed by atoms with Crippen LogP contribution in [0.25, 0.3) is 0 Å². The van der Waals surface area contributed by atoms with Crippen molar-refractivity contribution in [1.29, 1.82) is 0 Å². The maximum atomic E-state index is 13.3. The minimum absolute atomic E-state index is 0.0573. The summed E-state index contributed by atoms with van der Waals surface area (Å²) in [4.78, 5) is 25.5. The SMILES string of the molecule is CC(=O)O[C@@H]([C@@H]1[C@]2(O)CO[C@@H]2C[C@H](O)[C@@]1(C)C(=O)[C@@H](C)O)[C@]1(O)C[C@H](O)C(C)=CC1(C)C. The van der Waals surface area contributed by atoms with Crippen molar-refractivity contribution in [2.24, 2.45) is 16.7 Å². The van der Waals surface area contributed by atoms with E-state index in [-0.39, 0.29) is 19.4 Å². The van der Waals surface area contributed by atoms with Crippen molar-refractivity contribution in [3.05, 3.63) is 11.6 Å². The van der Waals surface area contributed by atoms with Crippen molar-refractivity contribution < 1.29 is 44.6 Å². The lowest BCUT2D eigenvalue weighted by Gasteiger charge is -2.64. The number of carbonyl (C=O) groups excluding carboxylic acids is 2. The first-order valence-electron chi connectivity index (χ1n) is 11.0. The van der Waals surface area contributed by atoms with Crippen LogP contribution in [0.3, 0.4) is 0 Å². The largest absolute Gasteiger partial charge is 0.459 e. The van der Waals surface area contributed by atoms with Crippen LogP contribution in [0.2, 0.25) is 0 Å². The van der Waals surface area contributed by atoms with E-state index in [1.54, 1.807) is 26.8 Å². The average Bonchev–Trinajstić information content (AvgIpc) is 2.66. The Balaban J connectivity index is 2.26. The molecule has 0 spiro atoms. The van der Waals surface area contributed by atoms with Crippen molar-refractivity contribution in [3.63, 3.8) is 0 Å². The summed E-state index contributed by atoms with van der Waals surface area (Å²) in [6.07, 6.45) is -4.77. The number of ketones is 1. The fraction of sp³-hybridized carbons (Fsp3) is 0.826. The molecule has 2 aliphatic carbocycles. The van der Waals surface area contributed by atoms with E-state index in [1.807, 2.05) is 0 Å². The van der Waals surface area contributed by atoms with Gasteiger partial charge in [-0.25, -0.2) is 0 Å². The Kier molecular flexibility index (Phi) is 6.20. The van der Waals surface area contributed by atoms with E-state index in [1.165, 1.54) is 13.8 Å². The van der Waals surface area contributed by atoms with Gasteiger partial charge in [-0.3, -0.25) is 9.59 Å². The van der Waals surface area contributed by atoms with Gasteiger partial charge in [0.1, 0.15) is 23.4 Å². The van der Waals surface area contributed by atoms with Gasteiger partial charge in [-0.05, 0) is 26.3 Å². The maximum absolute atomic E-state index is 13.3. The molecule has 1 heterocycles. The van der Waals surface area contributed by atoms with E-state index in [9.17, 15) is 35.1 Å². The number of hydrogen-bond acceptors (Lipinski definition) is 9. The van der Waals surface area contributed by atoms with Gasteiger partial charge in [0, 0.05) is 31.1 Å². The van der Waals surface area contributed by atoms with E-state index in [2.05, 4.69) is 0 Å². The molecule has 2 fully saturated rings. The predicted molar refractivity (Wildman–Crippen MR) is 112 cm³/mol. The lowest BCUT2D eigenvalue weighted by molar-refractivity contribution is -0.342. The number of aliphatic hydroxyl groups excluding tert-OH is 3. The van der Waals surface area contributed by atoms with Crippen molar-refractivity contribution in [1.82, 2.24) is 0 Å². The van der Waals surface area contributed by atoms with E-state index in [0.29, 0.717) is 5.57 Å². The quantitative estimate of drug-likeness (QED) is 0.281. The fourth-order valence-corrected chi connectivity index (χ4v) is 6.06.